The largest absolute Gasteiger partial charge is 0.326 e. The molecule has 1 amide bonds. The van der Waals surface area contributed by atoms with E-state index in [2.05, 4.69) is 15.6 Å². The normalized spacial score (nSPS) is 16.9. The molecule has 2 N–H and O–H groups in total. The fourth-order valence-electron chi connectivity index (χ4n) is 2.20. The van der Waals surface area contributed by atoms with Gasteiger partial charge in [-0.3, -0.25) is 4.79 Å². The van der Waals surface area contributed by atoms with Crippen molar-refractivity contribution in [1.29, 1.82) is 0 Å². The van der Waals surface area contributed by atoms with Crippen molar-refractivity contribution < 1.29 is 4.79 Å². The number of fused-ring (bicyclic) bond motifs is 1. The topological polar surface area (TPSA) is 54.0 Å². The predicted molar refractivity (Wildman–Crippen MR) is 85.6 cm³/mol. The number of rotatable bonds is 4. The van der Waals surface area contributed by atoms with Crippen LogP contribution >= 0.6 is 23.1 Å². The van der Waals surface area contributed by atoms with Gasteiger partial charge in [-0.15, -0.1) is 11.3 Å². The van der Waals surface area contributed by atoms with Gasteiger partial charge >= 0.3 is 0 Å². The molecule has 1 aliphatic heterocycles. The van der Waals surface area contributed by atoms with E-state index in [-0.39, 0.29) is 11.8 Å². The van der Waals surface area contributed by atoms with Gasteiger partial charge in [-0.1, -0.05) is 18.7 Å². The first-order valence-electron chi connectivity index (χ1n) is 6.63. The van der Waals surface area contributed by atoms with E-state index in [0.717, 1.165) is 33.3 Å². The second-order valence-electron chi connectivity index (χ2n) is 5.06. The molecule has 20 heavy (non-hydrogen) atoms. The summed E-state index contributed by atoms with van der Waals surface area (Å²) in [6.07, 6.45) is 2.02. The SMILES string of the molecule is CSc1nc2ccc(NC(=O)C(C)C3CNC3)cc2s1. The lowest BCUT2D eigenvalue weighted by atomic mass is 9.88. The Labute approximate surface area is 126 Å². The molecule has 0 saturated carbocycles. The van der Waals surface area contributed by atoms with Crippen LogP contribution < -0.4 is 10.6 Å². The molecule has 2 heterocycles. The summed E-state index contributed by atoms with van der Waals surface area (Å²) in [7, 11) is 0. The zero-order chi connectivity index (χ0) is 14.1. The number of carbonyl (C=O) groups is 1. The molecule has 3 rings (SSSR count). The van der Waals surface area contributed by atoms with Crippen LogP contribution in [-0.2, 0) is 4.79 Å². The van der Waals surface area contributed by atoms with Gasteiger partial charge in [0.05, 0.1) is 10.2 Å². The summed E-state index contributed by atoms with van der Waals surface area (Å²) in [6, 6.07) is 5.91. The standard InChI is InChI=1S/C14H17N3OS2/c1-8(9-6-15-7-9)13(18)16-10-3-4-11-12(5-10)20-14(17-11)19-2/h3-5,8-9,15H,6-7H2,1-2H3,(H,16,18). The first kappa shape index (κ1) is 13.9. The molecule has 0 bridgehead atoms. The maximum Gasteiger partial charge on any atom is 0.227 e. The fraction of sp³-hybridized carbons (Fsp3) is 0.429. The van der Waals surface area contributed by atoms with Gasteiger partial charge in [0.2, 0.25) is 5.91 Å². The summed E-state index contributed by atoms with van der Waals surface area (Å²) in [5, 5.41) is 6.22. The van der Waals surface area contributed by atoms with Crippen molar-refractivity contribution in [1.82, 2.24) is 10.3 Å². The molecule has 1 fully saturated rings. The maximum absolute atomic E-state index is 12.2. The Morgan fingerprint density at radius 3 is 3.00 bits per heavy atom. The molecule has 106 valence electrons. The molecule has 1 atom stereocenters. The Hall–Kier alpha value is -1.11. The molecule has 0 aliphatic carbocycles. The van der Waals surface area contributed by atoms with Crippen LogP contribution in [0.2, 0.25) is 0 Å². The average Bonchev–Trinajstić information content (AvgIpc) is 2.78. The van der Waals surface area contributed by atoms with Crippen LogP contribution in [0.1, 0.15) is 6.92 Å². The van der Waals surface area contributed by atoms with Crippen LogP contribution in [0.4, 0.5) is 5.69 Å². The number of hydrogen-bond acceptors (Lipinski definition) is 5. The summed E-state index contributed by atoms with van der Waals surface area (Å²) in [4.78, 5) is 16.7. The minimum absolute atomic E-state index is 0.0511. The highest BCUT2D eigenvalue weighted by molar-refractivity contribution is 8.00. The van der Waals surface area contributed by atoms with Crippen LogP contribution in [0.15, 0.2) is 22.5 Å². The summed E-state index contributed by atoms with van der Waals surface area (Å²) in [5.41, 5.74) is 1.85. The van der Waals surface area contributed by atoms with Crippen LogP contribution in [0.25, 0.3) is 10.2 Å². The van der Waals surface area contributed by atoms with Gasteiger partial charge in [0, 0.05) is 11.6 Å². The number of nitrogens with one attached hydrogen (secondary N) is 2. The first-order valence-corrected chi connectivity index (χ1v) is 8.67. The van der Waals surface area contributed by atoms with Gasteiger partial charge in [0.15, 0.2) is 4.34 Å². The molecule has 6 heteroatoms. The Kier molecular flexibility index (Phi) is 3.96. The number of carbonyl (C=O) groups excluding carboxylic acids is 1. The molecule has 1 aromatic carbocycles. The van der Waals surface area contributed by atoms with E-state index < -0.39 is 0 Å². The lowest BCUT2D eigenvalue weighted by molar-refractivity contribution is -0.121. The van der Waals surface area contributed by atoms with E-state index in [1.165, 1.54) is 0 Å². The molecular formula is C14H17N3OS2. The monoisotopic (exact) mass is 307 g/mol. The molecular weight excluding hydrogens is 290 g/mol. The summed E-state index contributed by atoms with van der Waals surface area (Å²) in [6.45, 7) is 3.89. The minimum Gasteiger partial charge on any atom is -0.326 e. The number of anilines is 1. The van der Waals surface area contributed by atoms with Crippen molar-refractivity contribution in [3.63, 3.8) is 0 Å². The quantitative estimate of drug-likeness (QED) is 0.853. The molecule has 2 aromatic rings. The van der Waals surface area contributed by atoms with E-state index >= 15 is 0 Å². The van der Waals surface area contributed by atoms with Crippen molar-refractivity contribution in [3.05, 3.63) is 18.2 Å². The molecule has 1 saturated heterocycles. The second-order valence-corrected chi connectivity index (χ2v) is 7.15. The van der Waals surface area contributed by atoms with Crippen molar-refractivity contribution in [2.24, 2.45) is 11.8 Å². The first-order chi connectivity index (χ1) is 9.67. The number of nitrogens with zero attached hydrogens (tertiary/aromatic N) is 1. The maximum atomic E-state index is 12.2. The Balaban J connectivity index is 1.74. The van der Waals surface area contributed by atoms with Gasteiger partial charge < -0.3 is 10.6 Å². The van der Waals surface area contributed by atoms with Crippen LogP contribution in [-0.4, -0.2) is 30.2 Å². The third kappa shape index (κ3) is 2.68. The minimum atomic E-state index is 0.0511. The van der Waals surface area contributed by atoms with E-state index in [0.29, 0.717) is 5.92 Å². The highest BCUT2D eigenvalue weighted by atomic mass is 32.2. The molecule has 1 aliphatic rings. The van der Waals surface area contributed by atoms with E-state index in [1.54, 1.807) is 23.1 Å². The summed E-state index contributed by atoms with van der Waals surface area (Å²) >= 11 is 3.31. The van der Waals surface area contributed by atoms with Crippen molar-refractivity contribution in [2.45, 2.75) is 11.3 Å². The zero-order valence-corrected chi connectivity index (χ0v) is 13.1. The van der Waals surface area contributed by atoms with Crippen LogP contribution in [0, 0.1) is 11.8 Å². The van der Waals surface area contributed by atoms with E-state index in [1.807, 2.05) is 31.4 Å². The van der Waals surface area contributed by atoms with Gasteiger partial charge in [-0.05, 0) is 43.5 Å². The molecule has 1 unspecified atom stereocenters. The highest BCUT2D eigenvalue weighted by Gasteiger charge is 2.28. The smallest absolute Gasteiger partial charge is 0.227 e. The Morgan fingerprint density at radius 2 is 2.35 bits per heavy atom. The third-order valence-corrected chi connectivity index (χ3v) is 5.75. The van der Waals surface area contributed by atoms with Gasteiger partial charge in [0.1, 0.15) is 0 Å². The second kappa shape index (κ2) is 5.71. The van der Waals surface area contributed by atoms with Crippen LogP contribution in [0.3, 0.4) is 0 Å². The van der Waals surface area contributed by atoms with Gasteiger partial charge in [0.25, 0.3) is 0 Å². The number of thioether (sulfide) groups is 1. The van der Waals surface area contributed by atoms with Crippen LogP contribution in [0.5, 0.6) is 0 Å². The number of amides is 1. The average molecular weight is 307 g/mol. The van der Waals surface area contributed by atoms with Crippen molar-refractivity contribution >= 4 is 44.9 Å². The third-order valence-electron chi connectivity index (χ3n) is 3.74. The molecule has 0 spiro atoms. The molecule has 0 radical (unpaired) electrons. The summed E-state index contributed by atoms with van der Waals surface area (Å²) in [5.74, 6) is 0.617. The number of benzene rings is 1. The number of aromatic nitrogens is 1. The van der Waals surface area contributed by atoms with Crippen molar-refractivity contribution in [2.75, 3.05) is 24.7 Å². The lowest BCUT2D eigenvalue weighted by Crippen LogP contribution is -2.48. The zero-order valence-electron chi connectivity index (χ0n) is 11.5. The molecule has 4 nitrogen and oxygen atoms in total. The van der Waals surface area contributed by atoms with E-state index in [9.17, 15) is 4.79 Å². The lowest BCUT2D eigenvalue weighted by Gasteiger charge is -2.31. The molecule has 1 aromatic heterocycles. The number of hydrogen-bond donors (Lipinski definition) is 2. The van der Waals surface area contributed by atoms with Gasteiger partial charge in [-0.25, -0.2) is 4.98 Å². The Bertz CT molecular complexity index is 636. The summed E-state index contributed by atoms with van der Waals surface area (Å²) < 4.78 is 2.17. The Morgan fingerprint density at radius 1 is 1.55 bits per heavy atom. The number of thiazole rings is 1. The fourth-order valence-corrected chi connectivity index (χ4v) is 3.73. The predicted octanol–water partition coefficient (Wildman–Crippen LogP) is 2.81. The highest BCUT2D eigenvalue weighted by Crippen LogP contribution is 2.30. The van der Waals surface area contributed by atoms with Crippen molar-refractivity contribution in [3.8, 4) is 0 Å². The van der Waals surface area contributed by atoms with E-state index in [4.69, 9.17) is 0 Å². The van der Waals surface area contributed by atoms with Gasteiger partial charge in [-0.2, -0.15) is 0 Å².